The molecule has 0 aliphatic heterocycles. The molecule has 0 aromatic carbocycles. The Labute approximate surface area is 96.9 Å². The third-order valence-electron chi connectivity index (χ3n) is 2.05. The van der Waals surface area contributed by atoms with E-state index in [4.69, 9.17) is 10.3 Å². The topological polar surface area (TPSA) is 120 Å². The van der Waals surface area contributed by atoms with Crippen LogP contribution < -0.4 is 16.0 Å². The van der Waals surface area contributed by atoms with Gasteiger partial charge in [0.15, 0.2) is 11.5 Å². The van der Waals surface area contributed by atoms with Gasteiger partial charge in [0.05, 0.1) is 27.2 Å². The van der Waals surface area contributed by atoms with Gasteiger partial charge in [-0.25, -0.2) is 4.63 Å². The van der Waals surface area contributed by atoms with Crippen LogP contribution in [0.2, 0.25) is 0 Å². The maximum absolute atomic E-state index is 5.51. The first-order valence-corrected chi connectivity index (χ1v) is 5.12. The van der Waals surface area contributed by atoms with E-state index in [1.54, 1.807) is 0 Å². The van der Waals surface area contributed by atoms with Crippen molar-refractivity contribution in [3.05, 3.63) is 0 Å². The van der Waals surface area contributed by atoms with Crippen LogP contribution in [0.1, 0.15) is 0 Å². The maximum atomic E-state index is 5.51. The summed E-state index contributed by atoms with van der Waals surface area (Å²) >= 11 is 0. The molecule has 0 atom stereocenters. The molecule has 0 saturated carbocycles. The molecule has 0 spiro atoms. The summed E-state index contributed by atoms with van der Waals surface area (Å²) in [5, 5.41) is 13.7. The van der Waals surface area contributed by atoms with Gasteiger partial charge in [-0.3, -0.25) is 0 Å². The van der Waals surface area contributed by atoms with Crippen LogP contribution in [0, 0.1) is 0 Å². The minimum Gasteiger partial charge on any atom is -0.379 e. The lowest BCUT2D eigenvalue weighted by Crippen LogP contribution is -3.06. The van der Waals surface area contributed by atoms with Gasteiger partial charge < -0.3 is 20.5 Å². The van der Waals surface area contributed by atoms with E-state index >= 15 is 0 Å². The first-order chi connectivity index (χ1) is 8.16. The zero-order valence-electron chi connectivity index (χ0n) is 9.60. The number of nitrogens with two attached hydrogens (primary N) is 1. The fourth-order valence-corrected chi connectivity index (χ4v) is 1.16. The molecule has 0 aliphatic carbocycles. The van der Waals surface area contributed by atoms with E-state index in [0.717, 1.165) is 13.1 Å². The first-order valence-electron chi connectivity index (χ1n) is 5.12. The molecule has 2 aromatic rings. The highest BCUT2D eigenvalue weighted by molar-refractivity contribution is 5.62. The summed E-state index contributed by atoms with van der Waals surface area (Å²) in [5.41, 5.74) is 5.79. The molecular formula is C8H14N7O2+. The lowest BCUT2D eigenvalue weighted by Gasteiger charge is -2.05. The van der Waals surface area contributed by atoms with Crippen molar-refractivity contribution in [2.45, 2.75) is 0 Å². The van der Waals surface area contributed by atoms with Crippen molar-refractivity contribution >= 4 is 11.8 Å². The molecule has 0 radical (unpaired) electrons. The van der Waals surface area contributed by atoms with Gasteiger partial charge in [-0.1, -0.05) is 5.16 Å². The zero-order valence-corrected chi connectivity index (χ0v) is 9.60. The van der Waals surface area contributed by atoms with Gasteiger partial charge in [-0.05, 0) is 10.3 Å². The molecule has 17 heavy (non-hydrogen) atoms. The zero-order chi connectivity index (χ0) is 12.3. The average molecular weight is 240 g/mol. The van der Waals surface area contributed by atoms with Gasteiger partial charge in [0, 0.05) is 0 Å². The van der Waals surface area contributed by atoms with Gasteiger partial charge >= 0.3 is 6.01 Å². The molecule has 2 heterocycles. The summed E-state index contributed by atoms with van der Waals surface area (Å²) in [6.45, 7) is 1.67. The molecule has 0 amide bonds. The van der Waals surface area contributed by atoms with Gasteiger partial charge in [-0.15, -0.1) is 0 Å². The lowest BCUT2D eigenvalue weighted by molar-refractivity contribution is -0.856. The summed E-state index contributed by atoms with van der Waals surface area (Å²) in [4.78, 5) is 5.39. The molecule has 0 aliphatic rings. The standard InChI is InChI=1S/C8H13N7O2/c1-15(2)4-3-10-8-11-7(14-16-8)5-6(9)13-17-12-5/h3-4H2,1-2H3,(H2,9,13)(H,10,11,14)/p+1. The number of quaternary nitrogens is 1. The SMILES string of the molecule is C[NH+](C)CCNc1nc(-c2nonc2N)no1. The Balaban J connectivity index is 1.99. The minimum absolute atomic E-state index is 0.134. The van der Waals surface area contributed by atoms with Crippen LogP contribution >= 0.6 is 0 Å². The molecule has 9 nitrogen and oxygen atoms in total. The Bertz CT molecular complexity index is 478. The highest BCUT2D eigenvalue weighted by Gasteiger charge is 2.16. The molecule has 0 saturated heterocycles. The summed E-state index contributed by atoms with van der Waals surface area (Å²) in [5.74, 6) is 0.388. The van der Waals surface area contributed by atoms with Gasteiger partial charge in [0.25, 0.3) is 0 Å². The molecule has 0 fully saturated rings. The second kappa shape index (κ2) is 4.78. The molecule has 2 rings (SSSR count). The third kappa shape index (κ3) is 2.69. The summed E-state index contributed by atoms with van der Waals surface area (Å²) in [6, 6.07) is 0.323. The number of nitrogen functional groups attached to an aromatic ring is 1. The van der Waals surface area contributed by atoms with E-state index in [2.05, 4.69) is 44.5 Å². The number of aromatic nitrogens is 4. The van der Waals surface area contributed by atoms with E-state index in [1.807, 2.05) is 0 Å². The average Bonchev–Trinajstić information content (AvgIpc) is 2.86. The highest BCUT2D eigenvalue weighted by Crippen LogP contribution is 2.19. The Hall–Kier alpha value is -2.16. The number of hydrogen-bond acceptors (Lipinski definition) is 8. The Morgan fingerprint density at radius 2 is 2.12 bits per heavy atom. The largest absolute Gasteiger partial charge is 0.379 e. The highest BCUT2D eigenvalue weighted by atomic mass is 16.6. The van der Waals surface area contributed by atoms with E-state index in [0.29, 0.717) is 6.01 Å². The van der Waals surface area contributed by atoms with Crippen molar-refractivity contribution in [1.29, 1.82) is 0 Å². The number of nitrogens with zero attached hydrogens (tertiary/aromatic N) is 4. The summed E-state index contributed by atoms with van der Waals surface area (Å²) in [7, 11) is 4.12. The number of nitrogens with one attached hydrogen (secondary N) is 2. The molecule has 9 heteroatoms. The fourth-order valence-electron chi connectivity index (χ4n) is 1.16. The van der Waals surface area contributed by atoms with Crippen molar-refractivity contribution < 1.29 is 14.1 Å². The monoisotopic (exact) mass is 240 g/mol. The van der Waals surface area contributed by atoms with E-state index < -0.39 is 0 Å². The van der Waals surface area contributed by atoms with Gasteiger partial charge in [-0.2, -0.15) is 4.98 Å². The van der Waals surface area contributed by atoms with Crippen LogP contribution in [0.25, 0.3) is 11.5 Å². The summed E-state index contributed by atoms with van der Waals surface area (Å²) in [6.07, 6.45) is 0. The van der Waals surface area contributed by atoms with Crippen LogP contribution in [0.5, 0.6) is 0 Å². The van der Waals surface area contributed by atoms with E-state index in [1.165, 1.54) is 4.90 Å². The number of anilines is 2. The Morgan fingerprint density at radius 3 is 2.76 bits per heavy atom. The fraction of sp³-hybridized carbons (Fsp3) is 0.500. The van der Waals surface area contributed by atoms with Crippen LogP contribution in [0.3, 0.4) is 0 Å². The summed E-state index contributed by atoms with van der Waals surface area (Å²) < 4.78 is 9.43. The molecule has 0 bridgehead atoms. The smallest absolute Gasteiger partial charge is 0.322 e. The molecular weight excluding hydrogens is 226 g/mol. The Morgan fingerprint density at radius 1 is 1.29 bits per heavy atom. The first kappa shape index (κ1) is 11.3. The number of likely N-dealkylation sites (N-methyl/N-ethyl adjacent to an activating group) is 1. The molecule has 4 N–H and O–H groups in total. The van der Waals surface area contributed by atoms with E-state index in [-0.39, 0.29) is 17.3 Å². The van der Waals surface area contributed by atoms with Crippen LogP contribution in [0.15, 0.2) is 9.15 Å². The normalized spacial score (nSPS) is 11.0. The van der Waals surface area contributed by atoms with Gasteiger partial charge in [0.2, 0.25) is 5.82 Å². The Kier molecular flexibility index (Phi) is 3.19. The van der Waals surface area contributed by atoms with Crippen molar-refractivity contribution in [2.24, 2.45) is 0 Å². The van der Waals surface area contributed by atoms with Crippen LogP contribution in [0.4, 0.5) is 11.8 Å². The van der Waals surface area contributed by atoms with Crippen LogP contribution in [-0.4, -0.2) is 47.6 Å². The lowest BCUT2D eigenvalue weighted by atomic mass is 10.4. The molecule has 0 unspecified atom stereocenters. The van der Waals surface area contributed by atoms with Crippen molar-refractivity contribution in [3.8, 4) is 11.5 Å². The molecule has 92 valence electrons. The maximum Gasteiger partial charge on any atom is 0.322 e. The predicted molar refractivity (Wildman–Crippen MR) is 58.2 cm³/mol. The number of rotatable bonds is 5. The van der Waals surface area contributed by atoms with Crippen molar-refractivity contribution in [1.82, 2.24) is 20.5 Å². The van der Waals surface area contributed by atoms with E-state index in [9.17, 15) is 0 Å². The second-order valence-corrected chi connectivity index (χ2v) is 3.81. The predicted octanol–water partition coefficient (Wildman–Crippen LogP) is -1.74. The van der Waals surface area contributed by atoms with Gasteiger partial charge in [0.1, 0.15) is 0 Å². The molecule has 2 aromatic heterocycles. The van der Waals surface area contributed by atoms with Crippen molar-refractivity contribution in [3.63, 3.8) is 0 Å². The third-order valence-corrected chi connectivity index (χ3v) is 2.05. The quantitative estimate of drug-likeness (QED) is 0.563. The minimum atomic E-state index is 0.134. The van der Waals surface area contributed by atoms with Crippen molar-refractivity contribution in [2.75, 3.05) is 38.2 Å². The number of hydrogen-bond donors (Lipinski definition) is 3. The second-order valence-electron chi connectivity index (χ2n) is 3.81. The van der Waals surface area contributed by atoms with Crippen LogP contribution in [-0.2, 0) is 0 Å².